The topological polar surface area (TPSA) is 108 Å². The van der Waals surface area contributed by atoms with Crippen molar-refractivity contribution in [2.45, 2.75) is 174 Å². The Hall–Kier alpha value is -1.80. The number of nitrogens with one attached hydrogen (secondary N) is 1. The van der Waals surface area contributed by atoms with E-state index in [-0.39, 0.29) is 19.1 Å². The van der Waals surface area contributed by atoms with Crippen LogP contribution in [0.1, 0.15) is 162 Å². The summed E-state index contributed by atoms with van der Waals surface area (Å²) in [4.78, 5) is 25.0. The third-order valence-electron chi connectivity index (χ3n) is 8.98. The van der Waals surface area contributed by atoms with Crippen LogP contribution < -0.4 is 10.2 Å². The van der Waals surface area contributed by atoms with E-state index in [1.54, 1.807) is 6.08 Å². The Morgan fingerprint density at radius 2 is 1.15 bits per heavy atom. The van der Waals surface area contributed by atoms with Crippen LogP contribution in [-0.2, 0) is 18.4 Å². The van der Waals surface area contributed by atoms with Crippen molar-refractivity contribution in [3.8, 4) is 0 Å². The van der Waals surface area contributed by atoms with Crippen molar-refractivity contribution in [1.29, 1.82) is 0 Å². The van der Waals surface area contributed by atoms with E-state index in [0.717, 1.165) is 64.2 Å². The zero-order valence-electron chi connectivity index (χ0n) is 34.7. The molecule has 1 amide bonds. The molecule has 0 saturated heterocycles. The van der Waals surface area contributed by atoms with Gasteiger partial charge >= 0.3 is 0 Å². The first kappa shape index (κ1) is 51.2. The number of carbonyl (C=O) groups excluding carboxylic acids is 1. The molecule has 0 bridgehead atoms. The molecule has 308 valence electrons. The highest BCUT2D eigenvalue weighted by molar-refractivity contribution is 7.45. The second-order valence-corrected chi connectivity index (χ2v) is 16.7. The first-order chi connectivity index (χ1) is 25.5. The normalized spacial score (nSPS) is 15.1. The molecule has 0 rings (SSSR count). The second-order valence-electron chi connectivity index (χ2n) is 15.3. The van der Waals surface area contributed by atoms with Crippen molar-refractivity contribution in [2.75, 3.05) is 40.9 Å². The number of unbranched alkanes of at least 4 members (excludes halogenated alkanes) is 16. The minimum atomic E-state index is -4.57. The highest BCUT2D eigenvalue weighted by atomic mass is 31.2. The summed E-state index contributed by atoms with van der Waals surface area (Å²) in [5, 5.41) is 13.5. The van der Waals surface area contributed by atoms with Gasteiger partial charge in [0.25, 0.3) is 7.82 Å². The summed E-state index contributed by atoms with van der Waals surface area (Å²) in [6.07, 6.45) is 46.3. The fraction of sp³-hybridized carbons (Fsp3) is 0.750. The number of allylic oxidation sites excluding steroid dienone is 9. The van der Waals surface area contributed by atoms with Crippen LogP contribution in [0.4, 0.5) is 0 Å². The van der Waals surface area contributed by atoms with E-state index in [1.807, 2.05) is 27.2 Å². The fourth-order valence-electron chi connectivity index (χ4n) is 5.60. The lowest BCUT2D eigenvalue weighted by Crippen LogP contribution is -2.45. The monoisotopic (exact) mass is 765 g/mol. The number of phosphoric ester groups is 1. The third-order valence-corrected chi connectivity index (χ3v) is 9.95. The van der Waals surface area contributed by atoms with Crippen molar-refractivity contribution in [3.05, 3.63) is 60.8 Å². The van der Waals surface area contributed by atoms with E-state index in [9.17, 15) is 19.4 Å². The Morgan fingerprint density at radius 1 is 0.679 bits per heavy atom. The van der Waals surface area contributed by atoms with Crippen LogP contribution >= 0.6 is 7.82 Å². The molecule has 53 heavy (non-hydrogen) atoms. The summed E-state index contributed by atoms with van der Waals surface area (Å²) in [7, 11) is 1.25. The van der Waals surface area contributed by atoms with Crippen LogP contribution in [0.5, 0.6) is 0 Å². The summed E-state index contributed by atoms with van der Waals surface area (Å²) in [5.41, 5.74) is 0. The molecular formula is C44H81N2O6P. The third kappa shape index (κ3) is 38.3. The fourth-order valence-corrected chi connectivity index (χ4v) is 6.32. The first-order valence-electron chi connectivity index (χ1n) is 21.2. The molecule has 3 unspecified atom stereocenters. The number of rotatable bonds is 37. The zero-order valence-corrected chi connectivity index (χ0v) is 35.6. The van der Waals surface area contributed by atoms with Gasteiger partial charge in [-0.1, -0.05) is 164 Å². The average Bonchev–Trinajstić information content (AvgIpc) is 3.10. The maximum Gasteiger partial charge on any atom is 0.268 e. The molecule has 0 fully saturated rings. The zero-order chi connectivity index (χ0) is 39.3. The van der Waals surface area contributed by atoms with E-state index in [1.165, 1.54) is 77.0 Å². The Morgan fingerprint density at radius 3 is 1.66 bits per heavy atom. The molecule has 0 aromatic rings. The smallest absolute Gasteiger partial charge is 0.268 e. The SMILES string of the molecule is CC/C=C\C/C=C\C/C=C\C/C=C\CCCCCCCCCCCCCCCCC(=O)NC(COP(=O)([O-])OCC[N+](C)(C)C)C(O)/C=C/CCCC. The molecule has 0 aliphatic rings. The maximum absolute atomic E-state index is 12.7. The van der Waals surface area contributed by atoms with Gasteiger partial charge in [-0.05, 0) is 51.4 Å². The van der Waals surface area contributed by atoms with Crippen LogP contribution in [0, 0.1) is 0 Å². The summed E-state index contributed by atoms with van der Waals surface area (Å²) in [6.45, 7) is 4.36. The van der Waals surface area contributed by atoms with Crippen molar-refractivity contribution in [1.82, 2.24) is 5.32 Å². The summed E-state index contributed by atoms with van der Waals surface area (Å²) in [5.74, 6) is -0.211. The number of aliphatic hydroxyl groups excluding tert-OH is 1. The molecule has 0 aliphatic heterocycles. The molecule has 3 atom stereocenters. The van der Waals surface area contributed by atoms with E-state index in [2.05, 4.69) is 67.8 Å². The molecule has 9 heteroatoms. The standard InChI is InChI=1S/C44H81N2O6P/c1-6-8-10-12-13-14-15-16-17-18-19-20-21-22-23-24-25-26-27-28-29-30-31-32-33-34-36-38-44(48)45-42(43(47)37-35-11-9-7-2)41-52-53(49,50)51-40-39-46(3,4)5/h8,10,13-14,16-17,19-20,35,37,42-43,47H,6-7,9,11-12,15,18,21-34,36,38-41H2,1-5H3,(H-,45,48,49,50)/b10-8-,14-13-,17-16-,20-19-,37-35+. The predicted octanol–water partition coefficient (Wildman–Crippen LogP) is 10.8. The molecule has 0 aromatic heterocycles. The Kier molecular flexibility index (Phi) is 34.7. The Bertz CT molecular complexity index is 1050. The van der Waals surface area contributed by atoms with E-state index in [0.29, 0.717) is 17.4 Å². The Balaban J connectivity index is 3.94. The number of quaternary nitrogens is 1. The van der Waals surface area contributed by atoms with Gasteiger partial charge in [-0.3, -0.25) is 9.36 Å². The van der Waals surface area contributed by atoms with Gasteiger partial charge in [-0.2, -0.15) is 0 Å². The van der Waals surface area contributed by atoms with Crippen molar-refractivity contribution < 1.29 is 32.9 Å². The number of carbonyl (C=O) groups is 1. The minimum Gasteiger partial charge on any atom is -0.756 e. The van der Waals surface area contributed by atoms with Gasteiger partial charge in [-0.25, -0.2) is 0 Å². The minimum absolute atomic E-state index is 0.00421. The number of hydrogen-bond acceptors (Lipinski definition) is 6. The molecular weight excluding hydrogens is 683 g/mol. The van der Waals surface area contributed by atoms with Crippen LogP contribution in [-0.4, -0.2) is 68.5 Å². The van der Waals surface area contributed by atoms with Gasteiger partial charge in [0, 0.05) is 6.42 Å². The average molecular weight is 765 g/mol. The van der Waals surface area contributed by atoms with Gasteiger partial charge in [0.2, 0.25) is 5.91 Å². The van der Waals surface area contributed by atoms with Crippen molar-refractivity contribution >= 4 is 13.7 Å². The van der Waals surface area contributed by atoms with Crippen molar-refractivity contribution in [2.24, 2.45) is 0 Å². The quantitative estimate of drug-likeness (QED) is 0.0282. The van der Waals surface area contributed by atoms with Gasteiger partial charge < -0.3 is 28.8 Å². The number of hydrogen-bond donors (Lipinski definition) is 2. The lowest BCUT2D eigenvalue weighted by Gasteiger charge is -2.29. The first-order valence-corrected chi connectivity index (χ1v) is 22.6. The second kappa shape index (κ2) is 35.9. The molecule has 0 spiro atoms. The van der Waals surface area contributed by atoms with Crippen LogP contribution in [0.25, 0.3) is 0 Å². The number of likely N-dealkylation sites (N-methyl/N-ethyl adjacent to an activating group) is 1. The highest BCUT2D eigenvalue weighted by Gasteiger charge is 2.23. The van der Waals surface area contributed by atoms with Gasteiger partial charge in [0.15, 0.2) is 0 Å². The van der Waals surface area contributed by atoms with E-state index >= 15 is 0 Å². The molecule has 0 aromatic carbocycles. The maximum atomic E-state index is 12.7. The molecule has 0 saturated carbocycles. The van der Waals surface area contributed by atoms with Gasteiger partial charge in [0.1, 0.15) is 13.2 Å². The van der Waals surface area contributed by atoms with E-state index in [4.69, 9.17) is 9.05 Å². The summed E-state index contributed by atoms with van der Waals surface area (Å²) >= 11 is 0. The largest absolute Gasteiger partial charge is 0.756 e. The molecule has 0 radical (unpaired) electrons. The Labute approximate surface area is 326 Å². The lowest BCUT2D eigenvalue weighted by molar-refractivity contribution is -0.870. The van der Waals surface area contributed by atoms with E-state index < -0.39 is 20.0 Å². The number of amides is 1. The number of phosphoric acid groups is 1. The number of aliphatic hydroxyl groups is 1. The van der Waals surface area contributed by atoms with Crippen LogP contribution in [0.2, 0.25) is 0 Å². The molecule has 0 aliphatic carbocycles. The lowest BCUT2D eigenvalue weighted by atomic mass is 10.0. The number of nitrogens with zero attached hydrogens (tertiary/aromatic N) is 1. The molecule has 2 N–H and O–H groups in total. The van der Waals surface area contributed by atoms with Crippen LogP contribution in [0.3, 0.4) is 0 Å². The molecule has 8 nitrogen and oxygen atoms in total. The van der Waals surface area contributed by atoms with Crippen LogP contribution in [0.15, 0.2) is 60.8 Å². The van der Waals surface area contributed by atoms with Gasteiger partial charge in [0.05, 0.1) is 39.9 Å². The predicted molar refractivity (Wildman–Crippen MR) is 224 cm³/mol. The summed E-state index contributed by atoms with van der Waals surface area (Å²) in [6, 6.07) is -0.883. The summed E-state index contributed by atoms with van der Waals surface area (Å²) < 4.78 is 22.9. The highest BCUT2D eigenvalue weighted by Crippen LogP contribution is 2.38. The molecule has 0 heterocycles. The van der Waals surface area contributed by atoms with Crippen molar-refractivity contribution in [3.63, 3.8) is 0 Å². The van der Waals surface area contributed by atoms with Gasteiger partial charge in [-0.15, -0.1) is 0 Å².